The Morgan fingerprint density at radius 2 is 1.35 bits per heavy atom. The first-order chi connectivity index (χ1) is 10.5. The number of nitrogens with two attached hydrogens (primary N) is 1. The van der Waals surface area contributed by atoms with Gasteiger partial charge in [-0.3, -0.25) is 4.90 Å². The number of hydrogen-bond acceptors (Lipinski definition) is 4. The monoisotopic (exact) mass is 360 g/mol. The molecule has 0 saturated heterocycles. The minimum atomic E-state index is -4.34. The molecule has 0 aliphatic rings. The zero-order chi connectivity index (χ0) is 17.9. The average molecular weight is 360 g/mol. The summed E-state index contributed by atoms with van der Waals surface area (Å²) in [4.78, 5) is 37.7. The van der Waals surface area contributed by atoms with Crippen molar-refractivity contribution in [3.63, 3.8) is 0 Å². The number of anilines is 1. The molecule has 0 aromatic heterocycles. The molecule has 0 bridgehead atoms. The van der Waals surface area contributed by atoms with Gasteiger partial charge in [0.25, 0.3) is 0 Å². The van der Waals surface area contributed by atoms with E-state index in [9.17, 15) is 26.7 Å². The molecule has 1 aromatic rings. The van der Waals surface area contributed by atoms with Gasteiger partial charge in [0, 0.05) is 12.6 Å². The summed E-state index contributed by atoms with van der Waals surface area (Å²) in [5.74, 6) is -11.2. The molecule has 5 N–H and O–H groups in total. The first-order valence-electron chi connectivity index (χ1n) is 6.23. The quantitative estimate of drug-likeness (QED) is 0.199. The highest BCUT2D eigenvalue weighted by Crippen LogP contribution is 2.30. The first-order valence-corrected chi connectivity index (χ1v) is 8.27. The van der Waals surface area contributed by atoms with Crippen LogP contribution in [0.3, 0.4) is 0 Å². The van der Waals surface area contributed by atoms with Crippen molar-refractivity contribution in [3.8, 4) is 0 Å². The molecule has 23 heavy (non-hydrogen) atoms. The summed E-state index contributed by atoms with van der Waals surface area (Å²) in [6.45, 7) is -0.557. The van der Waals surface area contributed by atoms with Crippen LogP contribution < -0.4 is 10.6 Å². The number of amides is 2. The van der Waals surface area contributed by atoms with E-state index in [-0.39, 0.29) is 17.7 Å². The summed E-state index contributed by atoms with van der Waals surface area (Å²) in [5, 5.41) is 0. The third kappa shape index (κ3) is 4.60. The molecule has 6 nitrogen and oxygen atoms in total. The Labute approximate surface area is 127 Å². The first kappa shape index (κ1) is 19.3. The number of carbonyl (C=O) groups excluding carboxylic acids is 1. The number of nitrogens with zero attached hydrogens (tertiary/aromatic N) is 1. The van der Waals surface area contributed by atoms with Crippen molar-refractivity contribution in [2.45, 2.75) is 18.9 Å². The molecule has 0 unspecified atom stereocenters. The topological polar surface area (TPSA) is 107 Å². The van der Waals surface area contributed by atoms with E-state index < -0.39 is 62.2 Å². The number of unbranched alkanes of at least 4 members (excludes halogenated alkanes) is 1. The Balaban J connectivity index is 3.06. The van der Waals surface area contributed by atoms with E-state index in [1.165, 1.54) is 0 Å². The van der Waals surface area contributed by atoms with Gasteiger partial charge in [0.05, 0.1) is 0 Å². The summed E-state index contributed by atoms with van der Waals surface area (Å²) in [5.41, 5.74) is 3.40. The van der Waals surface area contributed by atoms with Crippen LogP contribution in [0.5, 0.6) is 0 Å². The van der Waals surface area contributed by atoms with Crippen LogP contribution in [0.1, 0.15) is 12.8 Å². The van der Waals surface area contributed by atoms with Gasteiger partial charge in [0.15, 0.2) is 23.3 Å². The van der Waals surface area contributed by atoms with Gasteiger partial charge in [0.2, 0.25) is 5.82 Å². The lowest BCUT2D eigenvalue weighted by Crippen LogP contribution is -2.39. The van der Waals surface area contributed by atoms with E-state index in [2.05, 4.69) is 0 Å². The van der Waals surface area contributed by atoms with Gasteiger partial charge in [-0.05, 0) is 12.8 Å². The average Bonchev–Trinajstić information content (AvgIpc) is 2.44. The summed E-state index contributed by atoms with van der Waals surface area (Å²) in [6, 6.07) is -1.90. The smallest absolute Gasteiger partial charge is 0.390 e. The number of urea groups is 1. The van der Waals surface area contributed by atoms with Crippen LogP contribution in [-0.2, 0) is 0 Å². The molecule has 2 amide bonds. The second kappa shape index (κ2) is 7.21. The Bertz CT molecular complexity index is 582. The van der Waals surface area contributed by atoms with Gasteiger partial charge in [0.1, 0.15) is 5.69 Å². The van der Waals surface area contributed by atoms with Crippen molar-refractivity contribution in [2.24, 2.45) is 5.73 Å². The highest BCUT2D eigenvalue weighted by Gasteiger charge is 2.31. The van der Waals surface area contributed by atoms with Crippen molar-refractivity contribution < 1.29 is 41.1 Å². The zero-order valence-corrected chi connectivity index (χ0v) is 12.5. The molecule has 0 fully saturated rings. The minimum absolute atomic E-state index is 0.0884. The number of rotatable bonds is 6. The summed E-state index contributed by atoms with van der Waals surface area (Å²) in [7, 11) is -4.34. The molecule has 0 atom stereocenters. The molecule has 0 heterocycles. The lowest BCUT2D eigenvalue weighted by molar-refractivity contribution is 0.226. The molecule has 12 heteroatoms. The third-order valence-corrected chi connectivity index (χ3v) is 3.89. The number of carbonyl (C=O) groups is 1. The van der Waals surface area contributed by atoms with Crippen molar-refractivity contribution in [1.82, 2.24) is 0 Å². The summed E-state index contributed by atoms with van der Waals surface area (Å²) < 4.78 is 66.5. The van der Waals surface area contributed by atoms with Gasteiger partial charge in [-0.15, -0.1) is 0 Å². The summed E-state index contributed by atoms with van der Waals surface area (Å²) >= 11 is 0. The lowest BCUT2D eigenvalue weighted by atomic mass is 10.2. The highest BCUT2D eigenvalue weighted by molar-refractivity contribution is 6.56. The zero-order valence-electron chi connectivity index (χ0n) is 11.5. The Morgan fingerprint density at radius 1 is 0.913 bits per heavy atom. The second-order valence-corrected chi connectivity index (χ2v) is 6.69. The molecule has 0 saturated carbocycles. The molecular weight excluding hydrogens is 347 g/mol. The molecule has 0 spiro atoms. The number of halogens is 5. The maximum Gasteiger partial charge on any atom is 0.492 e. The fourth-order valence-corrected chi connectivity index (χ4v) is 2.52. The van der Waals surface area contributed by atoms with E-state index in [4.69, 9.17) is 20.1 Å². The van der Waals surface area contributed by atoms with E-state index in [1.54, 1.807) is 0 Å². The van der Waals surface area contributed by atoms with Gasteiger partial charge in [-0.25, -0.2) is 26.7 Å². The molecule has 1 aromatic carbocycles. The van der Waals surface area contributed by atoms with E-state index in [0.29, 0.717) is 0 Å². The van der Waals surface area contributed by atoms with Crippen LogP contribution in [0.15, 0.2) is 0 Å². The molecule has 1 rings (SSSR count). The molecule has 130 valence electrons. The predicted molar refractivity (Wildman–Crippen MR) is 69.6 cm³/mol. The van der Waals surface area contributed by atoms with E-state index >= 15 is 0 Å². The van der Waals surface area contributed by atoms with Crippen LogP contribution in [0.4, 0.5) is 32.4 Å². The van der Waals surface area contributed by atoms with Crippen molar-refractivity contribution in [1.29, 1.82) is 0 Å². The largest absolute Gasteiger partial charge is 0.492 e. The fraction of sp³-hybridized carbons (Fsp3) is 0.364. The second-order valence-electron chi connectivity index (χ2n) is 4.64. The van der Waals surface area contributed by atoms with Crippen LogP contribution in [-0.4, -0.2) is 35.8 Å². The Hall–Kier alpha value is -1.76. The van der Waals surface area contributed by atoms with Gasteiger partial charge in [-0.2, -0.15) is 0 Å². The SMILES string of the molecule is NC(=O)N(CCCC[Si](O)(O)O)c1c(F)c(F)c(F)c(F)c1F. The molecule has 0 radical (unpaired) electrons. The molecule has 0 aliphatic carbocycles. The minimum Gasteiger partial charge on any atom is -0.390 e. The number of hydrogen-bond donors (Lipinski definition) is 4. The highest BCUT2D eigenvalue weighted by atomic mass is 28.4. The third-order valence-electron chi connectivity index (χ3n) is 2.87. The van der Waals surface area contributed by atoms with Gasteiger partial charge < -0.3 is 20.1 Å². The Morgan fingerprint density at radius 3 is 1.74 bits per heavy atom. The van der Waals surface area contributed by atoms with Crippen molar-refractivity contribution in [2.75, 3.05) is 11.4 Å². The number of benzene rings is 1. The maximum absolute atomic E-state index is 13.6. The van der Waals surface area contributed by atoms with E-state index in [0.717, 1.165) is 0 Å². The van der Waals surface area contributed by atoms with Crippen LogP contribution in [0, 0.1) is 29.1 Å². The van der Waals surface area contributed by atoms with Crippen LogP contribution in [0.25, 0.3) is 0 Å². The fourth-order valence-electron chi connectivity index (χ4n) is 1.79. The molecule has 0 aliphatic heterocycles. The van der Waals surface area contributed by atoms with Gasteiger partial charge in [-0.1, -0.05) is 0 Å². The molecular formula is C11H13F5N2O4Si. The van der Waals surface area contributed by atoms with Crippen molar-refractivity contribution >= 4 is 20.5 Å². The summed E-state index contributed by atoms with van der Waals surface area (Å²) in [6.07, 6.45) is -0.228. The predicted octanol–water partition coefficient (Wildman–Crippen LogP) is 0.963. The maximum atomic E-state index is 13.6. The Kier molecular flexibility index (Phi) is 6.04. The van der Waals surface area contributed by atoms with E-state index in [1.807, 2.05) is 0 Å². The van der Waals surface area contributed by atoms with Gasteiger partial charge >= 0.3 is 14.8 Å². The standard InChI is InChI=1S/C11H13F5N2O4Si/c12-5-6(13)8(15)10(9(16)7(5)14)18(11(17)19)3-1-2-4-23(20,21)22/h20-22H,1-4H2,(H2,17,19). The number of primary amides is 1. The lowest BCUT2D eigenvalue weighted by Gasteiger charge is -2.22. The van der Waals surface area contributed by atoms with Crippen LogP contribution in [0.2, 0.25) is 6.04 Å². The normalized spacial score (nSPS) is 11.7. The van der Waals surface area contributed by atoms with Crippen molar-refractivity contribution in [3.05, 3.63) is 29.1 Å². The van der Waals surface area contributed by atoms with Crippen LogP contribution >= 0.6 is 0 Å².